The number of sulfonamides is 1. The lowest BCUT2D eigenvalue weighted by Crippen LogP contribution is -2.38. The first-order valence-electron chi connectivity index (χ1n) is 13.0. The SMILES string of the molecule is CCNS(=O)(=O)c1cc(C(=O)N2CCCC2)ccc1-c1cnc([C@H]2CC[C@H](NC(=O)OC(C)C)CC2)s1. The Hall–Kier alpha value is -2.50. The van der Waals surface area contributed by atoms with Crippen LogP contribution < -0.4 is 10.0 Å². The van der Waals surface area contributed by atoms with Crippen LogP contribution >= 0.6 is 11.3 Å². The summed E-state index contributed by atoms with van der Waals surface area (Å²) in [5.74, 6) is 0.118. The predicted molar refractivity (Wildman–Crippen MR) is 143 cm³/mol. The number of alkyl carbamates (subject to hydrolysis) is 1. The number of hydrogen-bond donors (Lipinski definition) is 2. The van der Waals surface area contributed by atoms with Gasteiger partial charge < -0.3 is 15.0 Å². The third-order valence-electron chi connectivity index (χ3n) is 6.78. The minimum Gasteiger partial charge on any atom is -0.447 e. The summed E-state index contributed by atoms with van der Waals surface area (Å²) in [6, 6.07) is 5.03. The molecule has 2 aliphatic rings. The van der Waals surface area contributed by atoms with Crippen molar-refractivity contribution in [1.82, 2.24) is 19.9 Å². The van der Waals surface area contributed by atoms with Crippen molar-refractivity contribution in [1.29, 1.82) is 0 Å². The molecule has 1 saturated heterocycles. The number of ether oxygens (including phenoxy) is 1. The van der Waals surface area contributed by atoms with Crippen LogP contribution in [0.5, 0.6) is 0 Å². The second-order valence-corrected chi connectivity index (χ2v) is 12.7. The highest BCUT2D eigenvalue weighted by Crippen LogP contribution is 2.39. The van der Waals surface area contributed by atoms with Crippen LogP contribution in [0.15, 0.2) is 29.3 Å². The number of benzene rings is 1. The molecule has 2 fully saturated rings. The van der Waals surface area contributed by atoms with Crippen molar-refractivity contribution in [3.05, 3.63) is 35.0 Å². The highest BCUT2D eigenvalue weighted by Gasteiger charge is 2.28. The molecule has 2 N–H and O–H groups in total. The number of nitrogens with one attached hydrogen (secondary N) is 2. The number of hydrogen-bond acceptors (Lipinski definition) is 7. The van der Waals surface area contributed by atoms with E-state index in [1.165, 1.54) is 17.4 Å². The Balaban J connectivity index is 1.52. The summed E-state index contributed by atoms with van der Waals surface area (Å²) >= 11 is 1.49. The number of aromatic nitrogens is 1. The van der Waals surface area contributed by atoms with Crippen LogP contribution in [0.3, 0.4) is 0 Å². The van der Waals surface area contributed by atoms with Gasteiger partial charge in [-0.2, -0.15) is 0 Å². The van der Waals surface area contributed by atoms with Gasteiger partial charge in [-0.1, -0.05) is 13.0 Å². The van der Waals surface area contributed by atoms with Crippen LogP contribution in [0.1, 0.15) is 80.6 Å². The molecular formula is C26H36N4O5S2. The van der Waals surface area contributed by atoms with Gasteiger partial charge in [0.05, 0.1) is 20.9 Å². The molecule has 2 heterocycles. The standard InChI is InChI=1S/C26H36N4O5S2/c1-4-28-37(33,34)23-15-19(25(31)30-13-5-6-14-30)9-12-21(23)22-16-27-24(36-22)18-7-10-20(11-8-18)29-26(32)35-17(2)3/h9,12,15-18,20,28H,4-8,10-11,13-14H2,1-3H3,(H,29,32)/t18-,20-. The molecule has 1 aliphatic carbocycles. The molecule has 202 valence electrons. The zero-order valence-electron chi connectivity index (χ0n) is 21.7. The highest BCUT2D eigenvalue weighted by atomic mass is 32.2. The number of rotatable bonds is 8. The van der Waals surface area contributed by atoms with Gasteiger partial charge in [-0.15, -0.1) is 11.3 Å². The maximum atomic E-state index is 13.1. The second-order valence-electron chi connectivity index (χ2n) is 9.92. The van der Waals surface area contributed by atoms with Gasteiger partial charge in [-0.05, 0) is 64.5 Å². The minimum absolute atomic E-state index is 0.0829. The smallest absolute Gasteiger partial charge is 0.407 e. The van der Waals surface area contributed by atoms with Gasteiger partial charge in [-0.25, -0.2) is 22.9 Å². The summed E-state index contributed by atoms with van der Waals surface area (Å²) in [6.07, 6.45) is 6.56. The normalized spacial score (nSPS) is 20.3. The topological polar surface area (TPSA) is 118 Å². The van der Waals surface area contributed by atoms with E-state index in [1.807, 2.05) is 13.8 Å². The molecule has 37 heavy (non-hydrogen) atoms. The van der Waals surface area contributed by atoms with Crippen LogP contribution in [0.2, 0.25) is 0 Å². The van der Waals surface area contributed by atoms with Crippen molar-refractivity contribution in [3.63, 3.8) is 0 Å². The molecule has 11 heteroatoms. The Morgan fingerprint density at radius 1 is 1.16 bits per heavy atom. The molecule has 1 aromatic heterocycles. The predicted octanol–water partition coefficient (Wildman–Crippen LogP) is 4.51. The molecule has 0 atom stereocenters. The van der Waals surface area contributed by atoms with E-state index in [4.69, 9.17) is 4.74 Å². The van der Waals surface area contributed by atoms with Crippen molar-refractivity contribution < 1.29 is 22.7 Å². The molecule has 0 radical (unpaired) electrons. The summed E-state index contributed by atoms with van der Waals surface area (Å²) in [5.41, 5.74) is 0.933. The van der Waals surface area contributed by atoms with Crippen molar-refractivity contribution in [3.8, 4) is 10.4 Å². The largest absolute Gasteiger partial charge is 0.447 e. The van der Waals surface area contributed by atoms with Gasteiger partial charge in [0.2, 0.25) is 10.0 Å². The molecule has 9 nitrogen and oxygen atoms in total. The van der Waals surface area contributed by atoms with Crippen molar-refractivity contribution in [2.24, 2.45) is 0 Å². The number of amides is 2. The Labute approximate surface area is 223 Å². The monoisotopic (exact) mass is 548 g/mol. The quantitative estimate of drug-likeness (QED) is 0.501. The van der Waals surface area contributed by atoms with Crippen LogP contribution in [-0.2, 0) is 14.8 Å². The number of thiazole rings is 1. The van der Waals surface area contributed by atoms with E-state index >= 15 is 0 Å². The van der Waals surface area contributed by atoms with Crippen molar-refractivity contribution in [2.45, 2.75) is 82.3 Å². The number of nitrogens with zero attached hydrogens (tertiary/aromatic N) is 2. The zero-order valence-corrected chi connectivity index (χ0v) is 23.3. The van der Waals surface area contributed by atoms with E-state index < -0.39 is 10.0 Å². The summed E-state index contributed by atoms with van der Waals surface area (Å²) in [6.45, 7) is 7.03. The van der Waals surface area contributed by atoms with Gasteiger partial charge >= 0.3 is 6.09 Å². The molecular weight excluding hydrogens is 512 g/mol. The maximum Gasteiger partial charge on any atom is 0.407 e. The van der Waals surface area contributed by atoms with E-state index in [1.54, 1.807) is 30.2 Å². The lowest BCUT2D eigenvalue weighted by molar-refractivity contribution is 0.0792. The lowest BCUT2D eigenvalue weighted by atomic mass is 9.86. The van der Waals surface area contributed by atoms with E-state index in [0.29, 0.717) is 24.2 Å². The summed E-state index contributed by atoms with van der Waals surface area (Å²) in [7, 11) is -3.81. The van der Waals surface area contributed by atoms with Gasteiger partial charge in [0.15, 0.2) is 0 Å². The first kappa shape index (κ1) is 27.5. The van der Waals surface area contributed by atoms with Crippen LogP contribution in [0.25, 0.3) is 10.4 Å². The van der Waals surface area contributed by atoms with E-state index in [-0.39, 0.29) is 41.5 Å². The molecule has 2 aromatic rings. The summed E-state index contributed by atoms with van der Waals surface area (Å²) < 4.78 is 34.0. The van der Waals surface area contributed by atoms with Crippen LogP contribution in [-0.4, -0.2) is 62.1 Å². The van der Waals surface area contributed by atoms with E-state index in [2.05, 4.69) is 15.0 Å². The number of carbonyl (C=O) groups excluding carboxylic acids is 2. The van der Waals surface area contributed by atoms with Gasteiger partial charge in [0.1, 0.15) is 0 Å². The summed E-state index contributed by atoms with van der Waals surface area (Å²) in [4.78, 5) is 32.1. The number of carbonyl (C=O) groups is 2. The van der Waals surface area contributed by atoms with E-state index in [9.17, 15) is 18.0 Å². The molecule has 0 bridgehead atoms. The minimum atomic E-state index is -3.81. The Kier molecular flexibility index (Phi) is 8.86. The molecule has 1 aromatic carbocycles. The fourth-order valence-electron chi connectivity index (χ4n) is 4.95. The Morgan fingerprint density at radius 3 is 2.51 bits per heavy atom. The molecule has 1 saturated carbocycles. The Bertz CT molecular complexity index is 1210. The van der Waals surface area contributed by atoms with Crippen molar-refractivity contribution in [2.75, 3.05) is 19.6 Å². The lowest BCUT2D eigenvalue weighted by Gasteiger charge is -2.28. The maximum absolute atomic E-state index is 13.1. The zero-order chi connectivity index (χ0) is 26.6. The van der Waals surface area contributed by atoms with Gasteiger partial charge in [-0.3, -0.25) is 4.79 Å². The fraction of sp³-hybridized carbons (Fsp3) is 0.577. The van der Waals surface area contributed by atoms with Crippen LogP contribution in [0.4, 0.5) is 4.79 Å². The molecule has 0 unspecified atom stereocenters. The van der Waals surface area contributed by atoms with Gasteiger partial charge in [0.25, 0.3) is 5.91 Å². The highest BCUT2D eigenvalue weighted by molar-refractivity contribution is 7.89. The number of likely N-dealkylation sites (tertiary alicyclic amines) is 1. The average Bonchev–Trinajstić information content (AvgIpc) is 3.56. The molecule has 0 spiro atoms. The first-order chi connectivity index (χ1) is 17.7. The van der Waals surface area contributed by atoms with Crippen molar-refractivity contribution >= 4 is 33.4 Å². The third kappa shape index (κ3) is 6.69. The molecule has 4 rings (SSSR count). The summed E-state index contributed by atoms with van der Waals surface area (Å²) in [5, 5.41) is 3.90. The third-order valence-corrected chi connectivity index (χ3v) is 9.55. The fourth-order valence-corrected chi connectivity index (χ4v) is 7.43. The van der Waals surface area contributed by atoms with Crippen LogP contribution in [0, 0.1) is 0 Å². The first-order valence-corrected chi connectivity index (χ1v) is 15.3. The van der Waals surface area contributed by atoms with E-state index in [0.717, 1.165) is 48.4 Å². The molecule has 1 aliphatic heterocycles. The Morgan fingerprint density at radius 2 is 1.86 bits per heavy atom. The van der Waals surface area contributed by atoms with Gasteiger partial charge in [0, 0.05) is 48.9 Å². The second kappa shape index (κ2) is 11.9. The molecule has 2 amide bonds. The average molecular weight is 549 g/mol.